The zero-order chi connectivity index (χ0) is 16.8. The lowest BCUT2D eigenvalue weighted by molar-refractivity contribution is 0.461. The summed E-state index contributed by atoms with van der Waals surface area (Å²) < 4.78 is 26.7. The Hall–Kier alpha value is -2.31. The topological polar surface area (TPSA) is 76.4 Å². The summed E-state index contributed by atoms with van der Waals surface area (Å²) in [4.78, 5) is 11.7. The standard InChI is InChI=1S/C16H12ClNO4S/c1-18-13-5-3-2-4-12(13)14(19)15(16(18)20)23(21,22)11-8-6-10(17)7-9-11/h2-9,19H,1H3. The summed E-state index contributed by atoms with van der Waals surface area (Å²) in [6, 6.07) is 12.0. The number of hydrogen-bond acceptors (Lipinski definition) is 4. The highest BCUT2D eigenvalue weighted by atomic mass is 35.5. The summed E-state index contributed by atoms with van der Waals surface area (Å²) in [6.45, 7) is 0. The molecule has 23 heavy (non-hydrogen) atoms. The fourth-order valence-electron chi connectivity index (χ4n) is 2.43. The van der Waals surface area contributed by atoms with Crippen molar-refractivity contribution in [1.82, 2.24) is 4.57 Å². The Morgan fingerprint density at radius 3 is 2.30 bits per heavy atom. The quantitative estimate of drug-likeness (QED) is 0.771. The van der Waals surface area contributed by atoms with Gasteiger partial charge in [0.25, 0.3) is 5.56 Å². The number of aromatic nitrogens is 1. The van der Waals surface area contributed by atoms with Crippen LogP contribution in [0.3, 0.4) is 0 Å². The van der Waals surface area contributed by atoms with Crippen molar-refractivity contribution < 1.29 is 13.5 Å². The van der Waals surface area contributed by atoms with Gasteiger partial charge in [-0.1, -0.05) is 23.7 Å². The number of sulfone groups is 1. The molecule has 2 aromatic carbocycles. The van der Waals surface area contributed by atoms with Crippen LogP contribution in [-0.4, -0.2) is 18.1 Å². The molecule has 0 fully saturated rings. The molecule has 118 valence electrons. The molecule has 0 saturated carbocycles. The first-order valence-electron chi connectivity index (χ1n) is 6.65. The van der Waals surface area contributed by atoms with Crippen molar-refractivity contribution >= 4 is 32.3 Å². The number of pyridine rings is 1. The van der Waals surface area contributed by atoms with Gasteiger partial charge in [0.2, 0.25) is 9.84 Å². The Labute approximate surface area is 137 Å². The monoisotopic (exact) mass is 349 g/mol. The van der Waals surface area contributed by atoms with Crippen LogP contribution in [0.5, 0.6) is 5.75 Å². The van der Waals surface area contributed by atoms with Gasteiger partial charge in [-0.15, -0.1) is 0 Å². The second-order valence-electron chi connectivity index (χ2n) is 5.02. The molecule has 3 rings (SSSR count). The molecular formula is C16H12ClNO4S. The van der Waals surface area contributed by atoms with Crippen LogP contribution in [0.15, 0.2) is 63.1 Å². The van der Waals surface area contributed by atoms with Crippen LogP contribution in [0.1, 0.15) is 0 Å². The van der Waals surface area contributed by atoms with Gasteiger partial charge in [-0.25, -0.2) is 8.42 Å². The lowest BCUT2D eigenvalue weighted by atomic mass is 10.2. The molecule has 0 aliphatic carbocycles. The molecule has 0 aliphatic heterocycles. The summed E-state index contributed by atoms with van der Waals surface area (Å²) in [7, 11) is -2.71. The third-order valence-corrected chi connectivity index (χ3v) is 5.68. The number of hydrogen-bond donors (Lipinski definition) is 1. The van der Waals surface area contributed by atoms with Crippen LogP contribution in [0.2, 0.25) is 5.02 Å². The average Bonchev–Trinajstić information content (AvgIpc) is 2.53. The molecule has 0 bridgehead atoms. The van der Waals surface area contributed by atoms with Gasteiger partial charge >= 0.3 is 0 Å². The molecule has 0 radical (unpaired) electrons. The fourth-order valence-corrected chi connectivity index (χ4v) is 4.01. The zero-order valence-electron chi connectivity index (χ0n) is 12.0. The average molecular weight is 350 g/mol. The number of aryl methyl sites for hydroxylation is 1. The van der Waals surface area contributed by atoms with Gasteiger partial charge in [0.15, 0.2) is 4.90 Å². The summed E-state index contributed by atoms with van der Waals surface area (Å²) in [5.74, 6) is -0.543. The molecule has 0 unspecified atom stereocenters. The van der Waals surface area contributed by atoms with Crippen molar-refractivity contribution in [3.05, 3.63) is 63.9 Å². The van der Waals surface area contributed by atoms with E-state index in [1.807, 2.05) is 0 Å². The first-order chi connectivity index (χ1) is 10.8. The van der Waals surface area contributed by atoms with Gasteiger partial charge in [-0.2, -0.15) is 0 Å². The SMILES string of the molecule is Cn1c(=O)c(S(=O)(=O)c2ccc(Cl)cc2)c(O)c2ccccc21. The van der Waals surface area contributed by atoms with E-state index in [2.05, 4.69) is 0 Å². The van der Waals surface area contributed by atoms with Gasteiger partial charge in [-0.3, -0.25) is 4.79 Å². The largest absolute Gasteiger partial charge is 0.506 e. The maximum absolute atomic E-state index is 12.8. The minimum Gasteiger partial charge on any atom is -0.506 e. The number of nitrogens with zero attached hydrogens (tertiary/aromatic N) is 1. The lowest BCUT2D eigenvalue weighted by Gasteiger charge is -2.12. The Morgan fingerprint density at radius 2 is 1.65 bits per heavy atom. The van der Waals surface area contributed by atoms with Gasteiger partial charge in [0, 0.05) is 17.5 Å². The van der Waals surface area contributed by atoms with E-state index in [9.17, 15) is 18.3 Å². The molecule has 7 heteroatoms. The fraction of sp³-hybridized carbons (Fsp3) is 0.0625. The van der Waals surface area contributed by atoms with Crippen molar-refractivity contribution in [3.8, 4) is 5.75 Å². The number of aromatic hydroxyl groups is 1. The zero-order valence-corrected chi connectivity index (χ0v) is 13.6. The second kappa shape index (κ2) is 5.40. The highest BCUT2D eigenvalue weighted by Crippen LogP contribution is 2.32. The molecule has 0 amide bonds. The Balaban J connectivity index is 2.40. The molecule has 5 nitrogen and oxygen atoms in total. The molecule has 0 atom stereocenters. The Bertz CT molecular complexity index is 1070. The van der Waals surface area contributed by atoms with E-state index < -0.39 is 26.0 Å². The first-order valence-corrected chi connectivity index (χ1v) is 8.51. The molecule has 3 aromatic rings. The van der Waals surface area contributed by atoms with Gasteiger partial charge < -0.3 is 9.67 Å². The Morgan fingerprint density at radius 1 is 1.04 bits per heavy atom. The molecule has 0 aliphatic rings. The predicted molar refractivity (Wildman–Crippen MR) is 87.8 cm³/mol. The Kier molecular flexibility index (Phi) is 3.66. The van der Waals surface area contributed by atoms with Crippen molar-refractivity contribution in [3.63, 3.8) is 0 Å². The molecule has 1 N–H and O–H groups in total. The van der Waals surface area contributed by atoms with E-state index in [4.69, 9.17) is 11.6 Å². The van der Waals surface area contributed by atoms with E-state index in [1.165, 1.54) is 35.9 Å². The van der Waals surface area contributed by atoms with E-state index in [0.717, 1.165) is 0 Å². The lowest BCUT2D eigenvalue weighted by Crippen LogP contribution is -2.24. The van der Waals surface area contributed by atoms with Crippen LogP contribution in [0.25, 0.3) is 10.9 Å². The van der Waals surface area contributed by atoms with E-state index in [-0.39, 0.29) is 4.90 Å². The van der Waals surface area contributed by atoms with E-state index >= 15 is 0 Å². The summed E-state index contributed by atoms with van der Waals surface area (Å²) >= 11 is 5.76. The number of para-hydroxylation sites is 1. The van der Waals surface area contributed by atoms with Crippen LogP contribution in [0.4, 0.5) is 0 Å². The third-order valence-electron chi connectivity index (χ3n) is 3.63. The highest BCUT2D eigenvalue weighted by Gasteiger charge is 2.28. The predicted octanol–water partition coefficient (Wildman–Crippen LogP) is 2.73. The van der Waals surface area contributed by atoms with E-state index in [0.29, 0.717) is 15.9 Å². The molecule has 0 saturated heterocycles. The van der Waals surface area contributed by atoms with Crippen LogP contribution >= 0.6 is 11.6 Å². The number of halogens is 1. The van der Waals surface area contributed by atoms with Crippen molar-refractivity contribution in [2.75, 3.05) is 0 Å². The van der Waals surface area contributed by atoms with Crippen molar-refractivity contribution in [2.45, 2.75) is 9.79 Å². The normalized spacial score (nSPS) is 11.7. The van der Waals surface area contributed by atoms with Gasteiger partial charge in [0.1, 0.15) is 5.75 Å². The summed E-state index contributed by atoms with van der Waals surface area (Å²) in [6.07, 6.45) is 0. The maximum atomic E-state index is 12.8. The molecular weight excluding hydrogens is 338 g/mol. The number of benzene rings is 2. The molecule has 0 spiro atoms. The van der Waals surface area contributed by atoms with Crippen LogP contribution in [-0.2, 0) is 16.9 Å². The van der Waals surface area contributed by atoms with Crippen LogP contribution in [0, 0.1) is 0 Å². The number of rotatable bonds is 2. The third kappa shape index (κ3) is 2.40. The van der Waals surface area contributed by atoms with E-state index in [1.54, 1.807) is 24.3 Å². The number of fused-ring (bicyclic) bond motifs is 1. The second-order valence-corrected chi connectivity index (χ2v) is 7.34. The summed E-state index contributed by atoms with van der Waals surface area (Å²) in [5, 5.41) is 11.1. The minimum atomic E-state index is -4.17. The summed E-state index contributed by atoms with van der Waals surface area (Å²) in [5.41, 5.74) is -0.332. The van der Waals surface area contributed by atoms with Crippen molar-refractivity contribution in [1.29, 1.82) is 0 Å². The van der Waals surface area contributed by atoms with Gasteiger partial charge in [-0.05, 0) is 36.4 Å². The molecule has 1 aromatic heterocycles. The highest BCUT2D eigenvalue weighted by molar-refractivity contribution is 7.91. The smallest absolute Gasteiger partial charge is 0.273 e. The van der Waals surface area contributed by atoms with Crippen LogP contribution < -0.4 is 5.56 Å². The maximum Gasteiger partial charge on any atom is 0.273 e. The first kappa shape index (κ1) is 15.6. The molecule has 1 heterocycles. The van der Waals surface area contributed by atoms with Gasteiger partial charge in [0.05, 0.1) is 10.4 Å². The minimum absolute atomic E-state index is 0.107. The van der Waals surface area contributed by atoms with Crippen molar-refractivity contribution in [2.24, 2.45) is 7.05 Å².